The van der Waals surface area contributed by atoms with Crippen LogP contribution in [0.3, 0.4) is 0 Å². The molecule has 26 heavy (non-hydrogen) atoms. The van der Waals surface area contributed by atoms with E-state index in [0.717, 1.165) is 16.8 Å². The predicted octanol–water partition coefficient (Wildman–Crippen LogP) is 3.94. The van der Waals surface area contributed by atoms with Crippen LogP contribution in [0, 0.1) is 6.92 Å². The molecule has 0 unspecified atom stereocenters. The Balaban J connectivity index is 2.05. The van der Waals surface area contributed by atoms with Crippen LogP contribution in [0.25, 0.3) is 5.69 Å². The van der Waals surface area contributed by atoms with Crippen LogP contribution in [0.1, 0.15) is 33.1 Å². The molecule has 130 valence electrons. The Hall–Kier alpha value is -2.63. The van der Waals surface area contributed by atoms with E-state index in [4.69, 9.17) is 33.9 Å². The Morgan fingerprint density at radius 2 is 1.92 bits per heavy atom. The van der Waals surface area contributed by atoms with Crippen molar-refractivity contribution in [3.63, 3.8) is 0 Å². The average Bonchev–Trinajstić information content (AvgIpc) is 2.84. The highest BCUT2D eigenvalue weighted by Crippen LogP contribution is 2.31. The molecule has 0 radical (unpaired) electrons. The maximum Gasteiger partial charge on any atom is 0.269 e. The molecule has 0 atom stereocenters. The first-order chi connectivity index (χ1) is 12.5. The van der Waals surface area contributed by atoms with Gasteiger partial charge in [0.05, 0.1) is 23.6 Å². The van der Waals surface area contributed by atoms with E-state index in [-0.39, 0.29) is 12.2 Å². The number of imidazole rings is 1. The van der Waals surface area contributed by atoms with Crippen molar-refractivity contribution in [2.45, 2.75) is 13.5 Å². The lowest BCUT2D eigenvalue weighted by Gasteiger charge is -2.14. The zero-order chi connectivity index (χ0) is 18.4. The summed E-state index contributed by atoms with van der Waals surface area (Å²) in [6.45, 7) is 2.08. The summed E-state index contributed by atoms with van der Waals surface area (Å²) in [5, 5.41) is 1.17. The first-order valence-electron chi connectivity index (χ1n) is 7.95. The zero-order valence-corrected chi connectivity index (χ0v) is 15.3. The number of aromatic nitrogens is 2. The van der Waals surface area contributed by atoms with Crippen molar-refractivity contribution in [3.05, 3.63) is 80.8 Å². The Morgan fingerprint density at radius 3 is 2.65 bits per heavy atom. The molecule has 1 aliphatic rings. The number of hydrogen-bond acceptors (Lipinski definition) is 3. The molecule has 0 aliphatic carbocycles. The van der Waals surface area contributed by atoms with Gasteiger partial charge in [0, 0.05) is 21.2 Å². The average molecular weight is 385 g/mol. The molecule has 1 amide bonds. The summed E-state index contributed by atoms with van der Waals surface area (Å²) in [6, 6.07) is 13.0. The summed E-state index contributed by atoms with van der Waals surface area (Å²) in [5.74, 6) is 0.0849. The van der Waals surface area contributed by atoms with Crippen LogP contribution < -0.4 is 5.73 Å². The van der Waals surface area contributed by atoms with Crippen molar-refractivity contribution in [1.82, 2.24) is 9.55 Å². The van der Waals surface area contributed by atoms with Crippen molar-refractivity contribution < 1.29 is 4.79 Å². The molecular weight excluding hydrogens is 371 g/mol. The Bertz CT molecular complexity index is 1090. The van der Waals surface area contributed by atoms with Gasteiger partial charge >= 0.3 is 0 Å². The number of nitrogens with zero attached hydrogens (tertiary/aromatic N) is 3. The fraction of sp³-hybridized carbons (Fsp3) is 0.105. The number of primary amides is 1. The van der Waals surface area contributed by atoms with Gasteiger partial charge in [-0.1, -0.05) is 41.4 Å². The lowest BCUT2D eigenvalue weighted by Crippen LogP contribution is -2.14. The largest absolute Gasteiger partial charge is 0.364 e. The van der Waals surface area contributed by atoms with E-state index in [0.29, 0.717) is 27.3 Å². The molecule has 0 bridgehead atoms. The maximum atomic E-state index is 11.8. The number of rotatable bonds is 2. The van der Waals surface area contributed by atoms with Gasteiger partial charge in [-0.15, -0.1) is 0 Å². The zero-order valence-electron chi connectivity index (χ0n) is 13.8. The van der Waals surface area contributed by atoms with Crippen LogP contribution in [0.4, 0.5) is 0 Å². The molecule has 3 aromatic rings. The van der Waals surface area contributed by atoms with Gasteiger partial charge in [-0.2, -0.15) is 0 Å². The molecule has 2 aromatic carbocycles. The minimum Gasteiger partial charge on any atom is -0.364 e. The molecule has 2 heterocycles. The number of halogens is 2. The van der Waals surface area contributed by atoms with Gasteiger partial charge < -0.3 is 5.73 Å². The second-order valence-electron chi connectivity index (χ2n) is 5.96. The molecule has 1 aliphatic heterocycles. The fourth-order valence-electron chi connectivity index (χ4n) is 3.26. The molecule has 2 N–H and O–H groups in total. The number of aryl methyl sites for hydroxylation is 1. The highest BCUT2D eigenvalue weighted by molar-refractivity contribution is 6.36. The van der Waals surface area contributed by atoms with E-state index in [1.807, 2.05) is 47.9 Å². The molecule has 1 aromatic heterocycles. The molecule has 0 saturated heterocycles. The number of hydrogen-bond donors (Lipinski definition) is 1. The monoisotopic (exact) mass is 384 g/mol. The van der Waals surface area contributed by atoms with Crippen LogP contribution in [-0.4, -0.2) is 21.2 Å². The van der Waals surface area contributed by atoms with Gasteiger partial charge in [0.1, 0.15) is 5.82 Å². The van der Waals surface area contributed by atoms with E-state index in [9.17, 15) is 4.79 Å². The van der Waals surface area contributed by atoms with E-state index in [1.165, 1.54) is 0 Å². The second kappa shape index (κ2) is 6.27. The summed E-state index contributed by atoms with van der Waals surface area (Å²) >= 11 is 12.7. The Morgan fingerprint density at radius 1 is 1.15 bits per heavy atom. The molecule has 0 saturated carbocycles. The molecule has 0 spiro atoms. The van der Waals surface area contributed by atoms with Gasteiger partial charge in [0.2, 0.25) is 0 Å². The third-order valence-electron chi connectivity index (χ3n) is 4.34. The van der Waals surface area contributed by atoms with Gasteiger partial charge in [0.25, 0.3) is 5.91 Å². The number of carbonyl (C=O) groups excluding carboxylic acids is 1. The van der Waals surface area contributed by atoms with Crippen molar-refractivity contribution >= 4 is 34.8 Å². The molecule has 7 heteroatoms. The first kappa shape index (κ1) is 16.8. The lowest BCUT2D eigenvalue weighted by molar-refractivity contribution is 0.0995. The predicted molar refractivity (Wildman–Crippen MR) is 103 cm³/mol. The van der Waals surface area contributed by atoms with Gasteiger partial charge in [-0.05, 0) is 31.2 Å². The quantitative estimate of drug-likeness (QED) is 0.726. The second-order valence-corrected chi connectivity index (χ2v) is 6.80. The summed E-state index contributed by atoms with van der Waals surface area (Å²) in [5.41, 5.74) is 9.56. The van der Waals surface area contributed by atoms with Crippen LogP contribution in [0.2, 0.25) is 10.0 Å². The SMILES string of the molecule is Cc1nc(C(N)=O)c2n1-c1ccc(Cl)cc1C(c1ccccc1Cl)=NC2. The minimum atomic E-state index is -0.575. The molecule has 4 rings (SSSR count). The maximum absolute atomic E-state index is 11.8. The number of benzene rings is 2. The first-order valence-corrected chi connectivity index (χ1v) is 8.70. The van der Waals surface area contributed by atoms with Crippen LogP contribution in [0.15, 0.2) is 47.5 Å². The van der Waals surface area contributed by atoms with Crippen molar-refractivity contribution in [3.8, 4) is 5.69 Å². The van der Waals surface area contributed by atoms with E-state index >= 15 is 0 Å². The van der Waals surface area contributed by atoms with E-state index in [1.54, 1.807) is 6.07 Å². The van der Waals surface area contributed by atoms with E-state index < -0.39 is 5.91 Å². The topological polar surface area (TPSA) is 73.3 Å². The summed E-state index contributed by atoms with van der Waals surface area (Å²) < 4.78 is 1.90. The Labute approximate surface area is 160 Å². The third-order valence-corrected chi connectivity index (χ3v) is 4.91. The van der Waals surface area contributed by atoms with Crippen molar-refractivity contribution in [1.29, 1.82) is 0 Å². The Kier molecular flexibility index (Phi) is 4.05. The van der Waals surface area contributed by atoms with Crippen LogP contribution >= 0.6 is 23.2 Å². The van der Waals surface area contributed by atoms with E-state index in [2.05, 4.69) is 4.98 Å². The number of carbonyl (C=O) groups is 1. The van der Waals surface area contributed by atoms with Crippen molar-refractivity contribution in [2.75, 3.05) is 0 Å². The molecule has 5 nitrogen and oxygen atoms in total. The fourth-order valence-corrected chi connectivity index (χ4v) is 3.65. The number of aliphatic imine (C=N–C) groups is 1. The third kappa shape index (κ3) is 2.60. The normalized spacial score (nSPS) is 12.8. The number of amides is 1. The van der Waals surface area contributed by atoms with Gasteiger partial charge in [-0.3, -0.25) is 14.4 Å². The number of nitrogens with two attached hydrogens (primary N) is 1. The summed E-state index contributed by atoms with van der Waals surface area (Å²) in [4.78, 5) is 20.9. The molecule has 0 fully saturated rings. The van der Waals surface area contributed by atoms with Crippen LogP contribution in [-0.2, 0) is 6.54 Å². The summed E-state index contributed by atoms with van der Waals surface area (Å²) in [7, 11) is 0. The highest BCUT2D eigenvalue weighted by atomic mass is 35.5. The smallest absolute Gasteiger partial charge is 0.269 e. The van der Waals surface area contributed by atoms with Crippen LogP contribution in [0.5, 0.6) is 0 Å². The van der Waals surface area contributed by atoms with Gasteiger partial charge in [-0.25, -0.2) is 4.98 Å². The summed E-state index contributed by atoms with van der Waals surface area (Å²) in [6.07, 6.45) is 0. The minimum absolute atomic E-state index is 0.229. The molecular formula is C19H14Cl2N4O. The highest BCUT2D eigenvalue weighted by Gasteiger charge is 2.26. The lowest BCUT2D eigenvalue weighted by atomic mass is 10.0. The standard InChI is InChI=1S/C19H14Cl2N4O/c1-10-24-18(19(22)26)16-9-23-17(12-4-2-3-5-14(12)21)13-8-11(20)6-7-15(13)25(10)16/h2-8H,9H2,1H3,(H2,22,26). The van der Waals surface area contributed by atoms with Gasteiger partial charge in [0.15, 0.2) is 5.69 Å². The number of fused-ring (bicyclic) bond motifs is 3. The van der Waals surface area contributed by atoms with Crippen molar-refractivity contribution in [2.24, 2.45) is 10.7 Å².